The molecule has 1 N–H and O–H groups in total. The summed E-state index contributed by atoms with van der Waals surface area (Å²) in [5.41, 5.74) is 2.63. The first-order chi connectivity index (χ1) is 9.50. The van der Waals surface area contributed by atoms with Crippen LogP contribution in [-0.2, 0) is 4.79 Å². The second-order valence-electron chi connectivity index (χ2n) is 5.48. The summed E-state index contributed by atoms with van der Waals surface area (Å²) in [7, 11) is 3.36. The van der Waals surface area contributed by atoms with Crippen molar-refractivity contribution in [1.29, 1.82) is 0 Å². The highest BCUT2D eigenvalue weighted by molar-refractivity contribution is 7.11. The SMILES string of the molecule is CC(NC(=O)c1scnc1C1CCCC1)C(=O)N(C)C. The van der Waals surface area contributed by atoms with E-state index in [1.807, 2.05) is 0 Å². The van der Waals surface area contributed by atoms with Gasteiger partial charge in [-0.3, -0.25) is 9.59 Å². The summed E-state index contributed by atoms with van der Waals surface area (Å²) >= 11 is 1.36. The maximum Gasteiger partial charge on any atom is 0.263 e. The second-order valence-corrected chi connectivity index (χ2v) is 6.33. The van der Waals surface area contributed by atoms with E-state index in [-0.39, 0.29) is 11.8 Å². The number of hydrogen-bond donors (Lipinski definition) is 1. The molecule has 1 aliphatic rings. The van der Waals surface area contributed by atoms with E-state index < -0.39 is 6.04 Å². The topological polar surface area (TPSA) is 62.3 Å². The van der Waals surface area contributed by atoms with E-state index >= 15 is 0 Å². The quantitative estimate of drug-likeness (QED) is 0.924. The van der Waals surface area contributed by atoms with Crippen LogP contribution < -0.4 is 5.32 Å². The van der Waals surface area contributed by atoms with E-state index in [1.54, 1.807) is 26.5 Å². The highest BCUT2D eigenvalue weighted by atomic mass is 32.1. The molecule has 1 saturated carbocycles. The van der Waals surface area contributed by atoms with Crippen LogP contribution in [0.5, 0.6) is 0 Å². The van der Waals surface area contributed by atoms with Gasteiger partial charge in [-0.05, 0) is 19.8 Å². The highest BCUT2D eigenvalue weighted by Gasteiger charge is 2.27. The van der Waals surface area contributed by atoms with Crippen LogP contribution in [0.2, 0.25) is 0 Å². The number of rotatable bonds is 4. The zero-order valence-corrected chi connectivity index (χ0v) is 13.0. The number of aromatic nitrogens is 1. The Hall–Kier alpha value is -1.43. The molecule has 1 aromatic heterocycles. The fourth-order valence-corrected chi connectivity index (χ4v) is 3.40. The summed E-state index contributed by atoms with van der Waals surface area (Å²) in [6.07, 6.45) is 4.63. The minimum absolute atomic E-state index is 0.106. The number of amides is 2. The third-order valence-corrected chi connectivity index (χ3v) is 4.54. The van der Waals surface area contributed by atoms with E-state index in [0.29, 0.717) is 10.8 Å². The fraction of sp³-hybridized carbons (Fsp3) is 0.643. The van der Waals surface area contributed by atoms with Gasteiger partial charge in [-0.15, -0.1) is 11.3 Å². The van der Waals surface area contributed by atoms with Gasteiger partial charge in [-0.1, -0.05) is 12.8 Å². The van der Waals surface area contributed by atoms with Gasteiger partial charge in [0.1, 0.15) is 10.9 Å². The van der Waals surface area contributed by atoms with Crippen LogP contribution in [-0.4, -0.2) is 41.8 Å². The van der Waals surface area contributed by atoms with Gasteiger partial charge in [0.15, 0.2) is 0 Å². The van der Waals surface area contributed by atoms with Gasteiger partial charge in [0.25, 0.3) is 5.91 Å². The molecule has 0 saturated heterocycles. The average Bonchev–Trinajstić information content (AvgIpc) is 3.07. The maximum atomic E-state index is 12.3. The summed E-state index contributed by atoms with van der Waals surface area (Å²) in [6.45, 7) is 1.70. The monoisotopic (exact) mass is 295 g/mol. The van der Waals surface area contributed by atoms with E-state index in [2.05, 4.69) is 10.3 Å². The molecule has 1 atom stereocenters. The van der Waals surface area contributed by atoms with Crippen molar-refractivity contribution in [2.75, 3.05) is 14.1 Å². The molecule has 0 spiro atoms. The van der Waals surface area contributed by atoms with Crippen molar-refractivity contribution in [2.45, 2.75) is 44.6 Å². The Labute approximate surface area is 123 Å². The minimum atomic E-state index is -0.518. The number of likely N-dealkylation sites (N-methyl/N-ethyl adjacent to an activating group) is 1. The van der Waals surface area contributed by atoms with Gasteiger partial charge >= 0.3 is 0 Å². The maximum absolute atomic E-state index is 12.3. The third-order valence-electron chi connectivity index (χ3n) is 3.70. The molecule has 1 aromatic rings. The Morgan fingerprint density at radius 3 is 2.65 bits per heavy atom. The van der Waals surface area contributed by atoms with E-state index in [1.165, 1.54) is 29.1 Å². The Morgan fingerprint density at radius 2 is 2.05 bits per heavy atom. The van der Waals surface area contributed by atoms with Crippen molar-refractivity contribution in [3.05, 3.63) is 16.1 Å². The second kappa shape index (κ2) is 6.35. The number of nitrogens with zero attached hydrogens (tertiary/aromatic N) is 2. The standard InChI is InChI=1S/C14H21N3O2S/c1-9(14(19)17(2)3)16-13(18)12-11(15-8-20-12)10-6-4-5-7-10/h8-10H,4-7H2,1-3H3,(H,16,18). The predicted octanol–water partition coefficient (Wildman–Crippen LogP) is 2.01. The summed E-state index contributed by atoms with van der Waals surface area (Å²) < 4.78 is 0. The molecule has 0 aliphatic heterocycles. The number of carbonyl (C=O) groups excluding carboxylic acids is 2. The molecule has 1 unspecified atom stereocenters. The lowest BCUT2D eigenvalue weighted by Gasteiger charge is -2.18. The molecule has 2 amide bonds. The number of nitrogens with one attached hydrogen (secondary N) is 1. The van der Waals surface area contributed by atoms with Crippen molar-refractivity contribution in [3.63, 3.8) is 0 Å². The summed E-state index contributed by atoms with van der Waals surface area (Å²) in [5, 5.41) is 2.77. The van der Waals surface area contributed by atoms with Crippen molar-refractivity contribution < 1.29 is 9.59 Å². The number of thiazole rings is 1. The lowest BCUT2D eigenvalue weighted by Crippen LogP contribution is -2.44. The molecule has 2 rings (SSSR count). The zero-order chi connectivity index (χ0) is 14.7. The molecule has 0 bridgehead atoms. The molecule has 0 radical (unpaired) electrons. The normalized spacial score (nSPS) is 16.9. The first-order valence-electron chi connectivity index (χ1n) is 6.96. The molecule has 5 nitrogen and oxygen atoms in total. The van der Waals surface area contributed by atoms with Crippen molar-refractivity contribution in [1.82, 2.24) is 15.2 Å². The van der Waals surface area contributed by atoms with E-state index in [4.69, 9.17) is 0 Å². The Morgan fingerprint density at radius 1 is 1.40 bits per heavy atom. The van der Waals surface area contributed by atoms with Gasteiger partial charge < -0.3 is 10.2 Å². The summed E-state index contributed by atoms with van der Waals surface area (Å²) in [6, 6.07) is -0.518. The van der Waals surface area contributed by atoms with E-state index in [9.17, 15) is 9.59 Å². The predicted molar refractivity (Wildman–Crippen MR) is 78.9 cm³/mol. The molecule has 1 aliphatic carbocycles. The van der Waals surface area contributed by atoms with Gasteiger partial charge in [0, 0.05) is 20.0 Å². The van der Waals surface area contributed by atoms with Crippen molar-refractivity contribution in [2.24, 2.45) is 0 Å². The fourth-order valence-electron chi connectivity index (χ4n) is 2.63. The van der Waals surface area contributed by atoms with Gasteiger partial charge in [-0.2, -0.15) is 0 Å². The van der Waals surface area contributed by atoms with Gasteiger partial charge in [0.05, 0.1) is 11.2 Å². The van der Waals surface area contributed by atoms with Gasteiger partial charge in [0.2, 0.25) is 5.91 Å². The van der Waals surface area contributed by atoms with Crippen LogP contribution in [0.25, 0.3) is 0 Å². The van der Waals surface area contributed by atoms with Crippen LogP contribution >= 0.6 is 11.3 Å². The molecule has 1 fully saturated rings. The Balaban J connectivity index is 2.06. The minimum Gasteiger partial charge on any atom is -0.347 e. The largest absolute Gasteiger partial charge is 0.347 e. The lowest BCUT2D eigenvalue weighted by atomic mass is 10.0. The van der Waals surface area contributed by atoms with Crippen LogP contribution in [0.15, 0.2) is 5.51 Å². The Bertz CT molecular complexity index is 492. The molecule has 6 heteroatoms. The number of hydrogen-bond acceptors (Lipinski definition) is 4. The van der Waals surface area contributed by atoms with E-state index in [0.717, 1.165) is 18.5 Å². The highest BCUT2D eigenvalue weighted by Crippen LogP contribution is 2.36. The van der Waals surface area contributed by atoms with Crippen molar-refractivity contribution >= 4 is 23.2 Å². The number of carbonyl (C=O) groups is 2. The first kappa shape index (κ1) is 15.0. The van der Waals surface area contributed by atoms with Crippen LogP contribution in [0.3, 0.4) is 0 Å². The average molecular weight is 295 g/mol. The smallest absolute Gasteiger partial charge is 0.263 e. The lowest BCUT2D eigenvalue weighted by molar-refractivity contribution is -0.130. The van der Waals surface area contributed by atoms with Crippen LogP contribution in [0, 0.1) is 0 Å². The third kappa shape index (κ3) is 3.17. The summed E-state index contributed by atoms with van der Waals surface area (Å²) in [4.78, 5) is 30.6. The Kier molecular flexibility index (Phi) is 4.75. The molecule has 0 aromatic carbocycles. The first-order valence-corrected chi connectivity index (χ1v) is 7.84. The van der Waals surface area contributed by atoms with Crippen molar-refractivity contribution in [3.8, 4) is 0 Å². The van der Waals surface area contributed by atoms with Crippen LogP contribution in [0.1, 0.15) is 53.9 Å². The zero-order valence-electron chi connectivity index (χ0n) is 12.2. The van der Waals surface area contributed by atoms with Crippen LogP contribution in [0.4, 0.5) is 0 Å². The van der Waals surface area contributed by atoms with Gasteiger partial charge in [-0.25, -0.2) is 4.98 Å². The summed E-state index contributed by atoms with van der Waals surface area (Å²) in [5.74, 6) is 0.115. The molecule has 20 heavy (non-hydrogen) atoms. The molecular formula is C14H21N3O2S. The molecule has 110 valence electrons. The molecular weight excluding hydrogens is 274 g/mol. The molecule has 1 heterocycles.